The summed E-state index contributed by atoms with van der Waals surface area (Å²) in [5.41, 5.74) is 3.80. The van der Waals surface area contributed by atoms with Crippen molar-refractivity contribution >= 4 is 0 Å². The molecule has 1 nitrogen and oxygen atoms in total. The zero-order chi connectivity index (χ0) is 24.8. The van der Waals surface area contributed by atoms with Crippen LogP contribution in [0.4, 0.5) is 17.6 Å². The van der Waals surface area contributed by atoms with E-state index in [-0.39, 0.29) is 5.92 Å². The average Bonchev–Trinajstić information content (AvgIpc) is 2.85. The fraction of sp³-hybridized carbons (Fsp3) is 0.600. The molecule has 0 heterocycles. The number of rotatable bonds is 9. The van der Waals surface area contributed by atoms with Crippen LogP contribution in [0, 0.1) is 11.7 Å². The maximum atomic E-state index is 14.6. The zero-order valence-corrected chi connectivity index (χ0v) is 20.8. The molecule has 1 saturated carbocycles. The number of halogens is 4. The van der Waals surface area contributed by atoms with Gasteiger partial charge in [-0.3, -0.25) is 0 Å². The summed E-state index contributed by atoms with van der Waals surface area (Å²) >= 11 is 0. The van der Waals surface area contributed by atoms with Crippen LogP contribution in [-0.4, -0.2) is 6.36 Å². The van der Waals surface area contributed by atoms with Gasteiger partial charge < -0.3 is 4.74 Å². The van der Waals surface area contributed by atoms with Gasteiger partial charge in [0.25, 0.3) is 0 Å². The number of hydrogen-bond acceptors (Lipinski definition) is 1. The molecular weight excluding hydrogens is 452 g/mol. The van der Waals surface area contributed by atoms with Crippen LogP contribution in [0.2, 0.25) is 0 Å². The van der Waals surface area contributed by atoms with E-state index in [9.17, 15) is 17.6 Å². The van der Waals surface area contributed by atoms with Gasteiger partial charge in [-0.1, -0.05) is 75.8 Å². The van der Waals surface area contributed by atoms with Crippen molar-refractivity contribution in [1.29, 1.82) is 0 Å². The van der Waals surface area contributed by atoms with E-state index in [1.165, 1.54) is 75.3 Å². The molecule has 2 aromatic carbocycles. The highest BCUT2D eigenvalue weighted by Gasteiger charge is 2.34. The topological polar surface area (TPSA) is 9.23 Å². The van der Waals surface area contributed by atoms with Crippen LogP contribution in [0.1, 0.15) is 112 Å². The van der Waals surface area contributed by atoms with Crippen LogP contribution < -0.4 is 4.74 Å². The Kier molecular flexibility index (Phi) is 8.77. The first-order chi connectivity index (χ1) is 16.8. The molecule has 0 aromatic heterocycles. The van der Waals surface area contributed by atoms with Gasteiger partial charge in [-0.2, -0.15) is 0 Å². The van der Waals surface area contributed by atoms with Gasteiger partial charge in [-0.15, -0.1) is 13.2 Å². The second-order valence-electron chi connectivity index (χ2n) is 10.6. The van der Waals surface area contributed by atoms with E-state index in [1.807, 2.05) is 0 Å². The fourth-order valence-electron chi connectivity index (χ4n) is 6.14. The highest BCUT2D eigenvalue weighted by Crippen LogP contribution is 2.40. The van der Waals surface area contributed by atoms with Gasteiger partial charge in [-0.25, -0.2) is 4.39 Å². The Morgan fingerprint density at radius 3 is 2.11 bits per heavy atom. The lowest BCUT2D eigenvalue weighted by molar-refractivity contribution is -0.275. The molecule has 2 aliphatic carbocycles. The van der Waals surface area contributed by atoms with Gasteiger partial charge in [0.1, 0.15) is 0 Å². The molecule has 5 heteroatoms. The average molecular weight is 491 g/mol. The molecule has 0 amide bonds. The monoisotopic (exact) mass is 490 g/mol. The fourth-order valence-corrected chi connectivity index (χ4v) is 6.14. The normalized spacial score (nSPS) is 22.6. The van der Waals surface area contributed by atoms with Gasteiger partial charge in [0.05, 0.1) is 0 Å². The molecule has 4 rings (SSSR count). The molecule has 0 spiro atoms. The van der Waals surface area contributed by atoms with Crippen LogP contribution in [0.5, 0.6) is 5.75 Å². The first-order valence-corrected chi connectivity index (χ1v) is 13.5. The molecule has 0 radical (unpaired) electrons. The Bertz CT molecular complexity index is 942. The number of benzene rings is 2. The van der Waals surface area contributed by atoms with E-state index in [0.29, 0.717) is 24.3 Å². The summed E-state index contributed by atoms with van der Waals surface area (Å²) in [5.74, 6) is 0.203. The van der Waals surface area contributed by atoms with E-state index in [2.05, 4.69) is 35.9 Å². The molecule has 1 fully saturated rings. The van der Waals surface area contributed by atoms with Crippen molar-refractivity contribution in [3.05, 3.63) is 64.5 Å². The summed E-state index contributed by atoms with van der Waals surface area (Å²) in [7, 11) is 0. The number of fused-ring (bicyclic) bond motifs is 1. The largest absolute Gasteiger partial charge is 0.573 e. The minimum absolute atomic E-state index is 0.258. The standard InChI is InChI=1S/C30H38F4O/c1-2-3-4-5-6-7-21-8-10-22(11-9-21)23-12-14-24(15-13-23)25-16-18-27-26(20-25)17-19-28(29(27)31)35-30(32,33)34/h12-15,17,19,21-22,25H,2-11,16,18,20H2,1H3. The minimum atomic E-state index is -4.89. The predicted octanol–water partition coefficient (Wildman–Crippen LogP) is 9.63. The molecule has 0 saturated heterocycles. The number of ether oxygens (including phenoxy) is 1. The van der Waals surface area contributed by atoms with Crippen LogP contribution in [0.25, 0.3) is 0 Å². The molecule has 2 aliphatic rings. The van der Waals surface area contributed by atoms with Gasteiger partial charge in [-0.05, 0) is 91.0 Å². The Morgan fingerprint density at radius 1 is 0.800 bits per heavy atom. The summed E-state index contributed by atoms with van der Waals surface area (Å²) in [6.45, 7) is 2.26. The van der Waals surface area contributed by atoms with E-state index in [1.54, 1.807) is 6.07 Å². The van der Waals surface area contributed by atoms with E-state index in [0.717, 1.165) is 24.0 Å². The third kappa shape index (κ3) is 7.01. The van der Waals surface area contributed by atoms with Crippen molar-refractivity contribution in [3.8, 4) is 5.75 Å². The zero-order valence-electron chi connectivity index (χ0n) is 20.8. The Balaban J connectivity index is 1.30. The quantitative estimate of drug-likeness (QED) is 0.251. The molecule has 1 atom stereocenters. The van der Waals surface area contributed by atoms with Crippen molar-refractivity contribution in [2.45, 2.75) is 109 Å². The van der Waals surface area contributed by atoms with Crippen LogP contribution in [-0.2, 0) is 12.8 Å². The smallest absolute Gasteiger partial charge is 0.403 e. The summed E-state index contributed by atoms with van der Waals surface area (Å²) in [6.07, 6.45) is 10.3. The van der Waals surface area contributed by atoms with Gasteiger partial charge >= 0.3 is 6.36 Å². The maximum absolute atomic E-state index is 14.6. The Labute approximate surface area is 207 Å². The molecule has 0 aliphatic heterocycles. The summed E-state index contributed by atoms with van der Waals surface area (Å²) in [5, 5.41) is 0. The number of alkyl halides is 3. The van der Waals surface area contributed by atoms with Gasteiger partial charge in [0.15, 0.2) is 11.6 Å². The first kappa shape index (κ1) is 26.0. The molecule has 192 valence electrons. The lowest BCUT2D eigenvalue weighted by Gasteiger charge is -2.29. The Morgan fingerprint density at radius 2 is 1.46 bits per heavy atom. The molecular formula is C30H38F4O. The lowest BCUT2D eigenvalue weighted by atomic mass is 9.76. The van der Waals surface area contributed by atoms with Crippen molar-refractivity contribution in [3.63, 3.8) is 0 Å². The van der Waals surface area contributed by atoms with E-state index >= 15 is 0 Å². The summed E-state index contributed by atoms with van der Waals surface area (Å²) < 4.78 is 56.0. The molecule has 2 aromatic rings. The third-order valence-electron chi connectivity index (χ3n) is 8.18. The van der Waals surface area contributed by atoms with Crippen molar-refractivity contribution < 1.29 is 22.3 Å². The SMILES string of the molecule is CCCCCCCC1CCC(c2ccc(C3CCc4c(ccc(OC(F)(F)F)c4F)C3)cc2)CC1. The van der Waals surface area contributed by atoms with E-state index in [4.69, 9.17) is 0 Å². The highest BCUT2D eigenvalue weighted by atomic mass is 19.4. The third-order valence-corrected chi connectivity index (χ3v) is 8.18. The van der Waals surface area contributed by atoms with Gasteiger partial charge in [0.2, 0.25) is 0 Å². The van der Waals surface area contributed by atoms with Crippen molar-refractivity contribution in [2.24, 2.45) is 5.92 Å². The molecule has 1 unspecified atom stereocenters. The predicted molar refractivity (Wildman–Crippen MR) is 132 cm³/mol. The lowest BCUT2D eigenvalue weighted by Crippen LogP contribution is -2.20. The maximum Gasteiger partial charge on any atom is 0.573 e. The van der Waals surface area contributed by atoms with Crippen LogP contribution in [0.3, 0.4) is 0 Å². The minimum Gasteiger partial charge on any atom is -0.403 e. The van der Waals surface area contributed by atoms with Crippen molar-refractivity contribution in [1.82, 2.24) is 0 Å². The highest BCUT2D eigenvalue weighted by molar-refractivity contribution is 5.41. The second kappa shape index (κ2) is 11.8. The molecule has 0 N–H and O–H groups in total. The van der Waals surface area contributed by atoms with Gasteiger partial charge in [0, 0.05) is 0 Å². The molecule has 0 bridgehead atoms. The second-order valence-corrected chi connectivity index (χ2v) is 10.6. The van der Waals surface area contributed by atoms with Crippen LogP contribution >= 0.6 is 0 Å². The molecule has 35 heavy (non-hydrogen) atoms. The summed E-state index contributed by atoms with van der Waals surface area (Å²) in [6, 6.07) is 11.6. The van der Waals surface area contributed by atoms with Crippen molar-refractivity contribution in [2.75, 3.05) is 0 Å². The number of hydrogen-bond donors (Lipinski definition) is 0. The van der Waals surface area contributed by atoms with Crippen LogP contribution in [0.15, 0.2) is 36.4 Å². The first-order valence-electron chi connectivity index (χ1n) is 13.5. The number of unbranched alkanes of at least 4 members (excludes halogenated alkanes) is 4. The Hall–Kier alpha value is -2.04. The van der Waals surface area contributed by atoms with E-state index < -0.39 is 17.9 Å². The summed E-state index contributed by atoms with van der Waals surface area (Å²) in [4.78, 5) is 0.